The van der Waals surface area contributed by atoms with Crippen molar-refractivity contribution in [3.63, 3.8) is 0 Å². The lowest BCUT2D eigenvalue weighted by molar-refractivity contribution is 0.0920. The monoisotopic (exact) mass is 304 g/mol. The average Bonchev–Trinajstić information content (AvgIpc) is 2.96. The van der Waals surface area contributed by atoms with Crippen LogP contribution in [0.5, 0.6) is 0 Å². The molecule has 2 rings (SSSR count). The van der Waals surface area contributed by atoms with Crippen LogP contribution in [0.25, 0.3) is 0 Å². The van der Waals surface area contributed by atoms with Crippen molar-refractivity contribution in [1.29, 1.82) is 0 Å². The van der Waals surface area contributed by atoms with Crippen molar-refractivity contribution in [3.05, 3.63) is 52.0 Å². The zero-order valence-electron chi connectivity index (χ0n) is 12.2. The lowest BCUT2D eigenvalue weighted by Crippen LogP contribution is -2.38. The molecule has 1 amide bonds. The van der Waals surface area contributed by atoms with E-state index in [1.165, 1.54) is 16.9 Å². The Morgan fingerprint density at radius 2 is 2.05 bits per heavy atom. The van der Waals surface area contributed by atoms with E-state index in [2.05, 4.69) is 10.3 Å². The molecule has 0 saturated carbocycles. The fourth-order valence-corrected chi connectivity index (χ4v) is 2.70. The second kappa shape index (κ2) is 7.33. The number of aliphatic hydroxyl groups is 1. The molecule has 21 heavy (non-hydrogen) atoms. The molecule has 0 aliphatic heterocycles. The van der Waals surface area contributed by atoms with Crippen LogP contribution in [0, 0.1) is 5.92 Å². The average molecular weight is 304 g/mol. The van der Waals surface area contributed by atoms with Crippen molar-refractivity contribution in [2.75, 3.05) is 6.61 Å². The molecular formula is C16H20N2O2S. The van der Waals surface area contributed by atoms with Gasteiger partial charge in [-0.15, -0.1) is 11.3 Å². The van der Waals surface area contributed by atoms with Crippen LogP contribution >= 0.6 is 11.3 Å². The number of benzene rings is 1. The highest BCUT2D eigenvalue weighted by Crippen LogP contribution is 2.17. The molecule has 2 unspecified atom stereocenters. The number of hydrogen-bond acceptors (Lipinski definition) is 4. The molecule has 0 fully saturated rings. The largest absolute Gasteiger partial charge is 0.396 e. The first kappa shape index (κ1) is 15.7. The van der Waals surface area contributed by atoms with Crippen molar-refractivity contribution in [2.24, 2.45) is 5.92 Å². The van der Waals surface area contributed by atoms with E-state index < -0.39 is 0 Å². The zero-order valence-corrected chi connectivity index (χ0v) is 13.1. The van der Waals surface area contributed by atoms with Crippen LogP contribution in [0.4, 0.5) is 0 Å². The van der Waals surface area contributed by atoms with Gasteiger partial charge in [0, 0.05) is 19.1 Å². The smallest absolute Gasteiger partial charge is 0.263 e. The first-order valence-electron chi connectivity index (χ1n) is 7.00. The van der Waals surface area contributed by atoms with Crippen molar-refractivity contribution in [1.82, 2.24) is 10.3 Å². The Morgan fingerprint density at radius 3 is 2.71 bits per heavy atom. The summed E-state index contributed by atoms with van der Waals surface area (Å²) in [4.78, 5) is 17.0. The van der Waals surface area contributed by atoms with E-state index in [1.807, 2.05) is 44.2 Å². The van der Waals surface area contributed by atoms with E-state index in [0.717, 1.165) is 11.4 Å². The standard InChI is InChI=1S/C16H20N2O2S/c1-11(10-19)12(2)18-16(20)14-9-17-15(21-14)8-13-6-4-3-5-7-13/h3-7,9,11-12,19H,8,10H2,1-2H3,(H,18,20). The Kier molecular flexibility index (Phi) is 5.47. The van der Waals surface area contributed by atoms with Gasteiger partial charge in [-0.3, -0.25) is 4.79 Å². The van der Waals surface area contributed by atoms with E-state index >= 15 is 0 Å². The quantitative estimate of drug-likeness (QED) is 0.862. The van der Waals surface area contributed by atoms with Gasteiger partial charge in [-0.25, -0.2) is 4.98 Å². The Hall–Kier alpha value is -1.72. The number of aromatic nitrogens is 1. The van der Waals surface area contributed by atoms with Crippen LogP contribution in [-0.2, 0) is 6.42 Å². The maximum atomic E-state index is 12.1. The van der Waals surface area contributed by atoms with Crippen LogP contribution in [0.3, 0.4) is 0 Å². The van der Waals surface area contributed by atoms with Gasteiger partial charge >= 0.3 is 0 Å². The molecule has 5 heteroatoms. The molecule has 1 aromatic carbocycles. The normalized spacial score (nSPS) is 13.7. The highest BCUT2D eigenvalue weighted by molar-refractivity contribution is 7.13. The lowest BCUT2D eigenvalue weighted by Gasteiger charge is -2.18. The third-order valence-corrected chi connectivity index (χ3v) is 4.47. The second-order valence-electron chi connectivity index (χ2n) is 5.20. The van der Waals surface area contributed by atoms with E-state index in [1.54, 1.807) is 6.20 Å². The van der Waals surface area contributed by atoms with Crippen molar-refractivity contribution < 1.29 is 9.90 Å². The van der Waals surface area contributed by atoms with Gasteiger partial charge in [0.25, 0.3) is 5.91 Å². The summed E-state index contributed by atoms with van der Waals surface area (Å²) in [6.07, 6.45) is 2.36. The summed E-state index contributed by atoms with van der Waals surface area (Å²) >= 11 is 1.41. The summed E-state index contributed by atoms with van der Waals surface area (Å²) in [5.74, 6) is -0.0923. The van der Waals surface area contributed by atoms with Gasteiger partial charge in [-0.1, -0.05) is 37.3 Å². The zero-order chi connectivity index (χ0) is 15.2. The Balaban J connectivity index is 1.98. The van der Waals surface area contributed by atoms with Crippen LogP contribution in [-0.4, -0.2) is 28.6 Å². The van der Waals surface area contributed by atoms with E-state index in [4.69, 9.17) is 5.11 Å². The molecule has 0 saturated heterocycles. The molecule has 112 valence electrons. The van der Waals surface area contributed by atoms with Crippen molar-refractivity contribution in [2.45, 2.75) is 26.3 Å². The van der Waals surface area contributed by atoms with Crippen LogP contribution in [0.1, 0.15) is 34.1 Å². The number of carbonyl (C=O) groups is 1. The number of hydrogen-bond donors (Lipinski definition) is 2. The molecule has 2 aromatic rings. The van der Waals surface area contributed by atoms with Crippen LogP contribution in [0.15, 0.2) is 36.5 Å². The maximum Gasteiger partial charge on any atom is 0.263 e. The maximum absolute atomic E-state index is 12.1. The molecule has 2 N–H and O–H groups in total. The summed E-state index contributed by atoms with van der Waals surface area (Å²) < 4.78 is 0. The summed E-state index contributed by atoms with van der Waals surface area (Å²) in [6.45, 7) is 3.85. The fraction of sp³-hybridized carbons (Fsp3) is 0.375. The Bertz CT molecular complexity index is 583. The van der Waals surface area contributed by atoms with Gasteiger partial charge in [0.1, 0.15) is 4.88 Å². The predicted molar refractivity (Wildman–Crippen MR) is 84.5 cm³/mol. The third kappa shape index (κ3) is 4.37. The number of amides is 1. The molecule has 0 spiro atoms. The minimum Gasteiger partial charge on any atom is -0.396 e. The third-order valence-electron chi connectivity index (χ3n) is 3.48. The molecule has 0 radical (unpaired) electrons. The Labute approximate surface area is 128 Å². The molecule has 4 nitrogen and oxygen atoms in total. The van der Waals surface area contributed by atoms with Gasteiger partial charge in [0.05, 0.1) is 11.2 Å². The predicted octanol–water partition coefficient (Wildman–Crippen LogP) is 2.48. The molecule has 0 bridgehead atoms. The first-order valence-corrected chi connectivity index (χ1v) is 7.82. The Morgan fingerprint density at radius 1 is 1.33 bits per heavy atom. The molecular weight excluding hydrogens is 284 g/mol. The van der Waals surface area contributed by atoms with Gasteiger partial charge in [-0.05, 0) is 18.4 Å². The summed E-state index contributed by atoms with van der Waals surface area (Å²) in [5.41, 5.74) is 1.18. The summed E-state index contributed by atoms with van der Waals surface area (Å²) in [7, 11) is 0. The van der Waals surface area contributed by atoms with E-state index in [-0.39, 0.29) is 24.5 Å². The summed E-state index contributed by atoms with van der Waals surface area (Å²) in [6, 6.07) is 10.00. The van der Waals surface area contributed by atoms with Gasteiger partial charge in [0.15, 0.2) is 0 Å². The minimum atomic E-state index is -0.125. The number of nitrogens with one attached hydrogen (secondary N) is 1. The van der Waals surface area contributed by atoms with Gasteiger partial charge < -0.3 is 10.4 Å². The van der Waals surface area contributed by atoms with Gasteiger partial charge in [0.2, 0.25) is 0 Å². The van der Waals surface area contributed by atoms with E-state index in [9.17, 15) is 4.79 Å². The van der Waals surface area contributed by atoms with E-state index in [0.29, 0.717) is 4.88 Å². The highest BCUT2D eigenvalue weighted by atomic mass is 32.1. The molecule has 0 aliphatic rings. The highest BCUT2D eigenvalue weighted by Gasteiger charge is 2.17. The minimum absolute atomic E-state index is 0.0330. The van der Waals surface area contributed by atoms with Crippen LogP contribution in [0.2, 0.25) is 0 Å². The number of rotatable bonds is 6. The molecule has 0 aliphatic carbocycles. The van der Waals surface area contributed by atoms with Crippen LogP contribution < -0.4 is 5.32 Å². The number of aliphatic hydroxyl groups excluding tert-OH is 1. The number of thiazole rings is 1. The fourth-order valence-electron chi connectivity index (χ4n) is 1.85. The number of nitrogens with zero attached hydrogens (tertiary/aromatic N) is 1. The van der Waals surface area contributed by atoms with Gasteiger partial charge in [-0.2, -0.15) is 0 Å². The lowest BCUT2D eigenvalue weighted by atomic mass is 10.1. The molecule has 1 heterocycles. The molecule has 2 atom stereocenters. The molecule has 1 aromatic heterocycles. The number of carbonyl (C=O) groups excluding carboxylic acids is 1. The SMILES string of the molecule is CC(CO)C(C)NC(=O)c1cnc(Cc2ccccc2)s1. The summed E-state index contributed by atoms with van der Waals surface area (Å²) in [5, 5.41) is 12.9. The second-order valence-corrected chi connectivity index (χ2v) is 6.32. The van der Waals surface area contributed by atoms with Crippen molar-refractivity contribution >= 4 is 17.2 Å². The first-order chi connectivity index (χ1) is 10.1. The van der Waals surface area contributed by atoms with Crippen molar-refractivity contribution in [3.8, 4) is 0 Å². The topological polar surface area (TPSA) is 62.2 Å².